The molecule has 7 heteroatoms. The molecule has 3 aromatic carbocycles. The van der Waals surface area contributed by atoms with E-state index in [1.54, 1.807) is 20.3 Å². The summed E-state index contributed by atoms with van der Waals surface area (Å²) in [6, 6.07) is 18.8. The van der Waals surface area contributed by atoms with Gasteiger partial charge in [-0.15, -0.1) is 0 Å². The highest BCUT2D eigenvalue weighted by molar-refractivity contribution is 9.10. The number of aryl methyl sites for hydroxylation is 1. The molecular weight excluding hydrogens is 472 g/mol. The van der Waals surface area contributed by atoms with Gasteiger partial charge >= 0.3 is 0 Å². The molecule has 0 bridgehead atoms. The summed E-state index contributed by atoms with van der Waals surface area (Å²) in [6.45, 7) is 2.35. The largest absolute Gasteiger partial charge is 0.507 e. The van der Waals surface area contributed by atoms with Gasteiger partial charge in [-0.2, -0.15) is 5.10 Å². The Labute approximate surface area is 194 Å². The standard InChI is InChI=1S/C25H23BrN2O4/c1-15-24(17-6-11-22(30-2)23(12-17)31-3)25(28-27-15)20-10-9-19(13-21(20)29)32-14-16-4-7-18(26)8-5-16/h4-13,29H,14H2,1-3H3,(H,27,28). The second-order valence-electron chi connectivity index (χ2n) is 7.24. The third kappa shape index (κ3) is 4.43. The molecule has 2 N–H and O–H groups in total. The lowest BCUT2D eigenvalue weighted by atomic mass is 9.98. The molecule has 4 aromatic rings. The number of benzene rings is 3. The van der Waals surface area contributed by atoms with E-state index in [0.717, 1.165) is 26.9 Å². The van der Waals surface area contributed by atoms with Gasteiger partial charge in [0.2, 0.25) is 0 Å². The average molecular weight is 495 g/mol. The minimum absolute atomic E-state index is 0.0894. The van der Waals surface area contributed by atoms with Crippen molar-refractivity contribution in [2.45, 2.75) is 13.5 Å². The van der Waals surface area contributed by atoms with Crippen LogP contribution in [0.3, 0.4) is 0 Å². The summed E-state index contributed by atoms with van der Waals surface area (Å²) >= 11 is 3.43. The average Bonchev–Trinajstić information content (AvgIpc) is 3.19. The topological polar surface area (TPSA) is 76.6 Å². The molecule has 0 radical (unpaired) electrons. The Morgan fingerprint density at radius 2 is 1.69 bits per heavy atom. The van der Waals surface area contributed by atoms with E-state index in [1.165, 1.54) is 0 Å². The summed E-state index contributed by atoms with van der Waals surface area (Å²) in [7, 11) is 3.20. The molecule has 0 aliphatic heterocycles. The summed E-state index contributed by atoms with van der Waals surface area (Å²) in [5, 5.41) is 18.2. The normalized spacial score (nSPS) is 10.8. The Balaban J connectivity index is 1.63. The van der Waals surface area contributed by atoms with E-state index < -0.39 is 0 Å². The second-order valence-corrected chi connectivity index (χ2v) is 8.15. The Bertz CT molecular complexity index is 1240. The van der Waals surface area contributed by atoms with Gasteiger partial charge in [-0.3, -0.25) is 5.10 Å². The first-order valence-corrected chi connectivity index (χ1v) is 10.8. The maximum absolute atomic E-state index is 10.8. The van der Waals surface area contributed by atoms with Gasteiger partial charge in [0.15, 0.2) is 11.5 Å². The van der Waals surface area contributed by atoms with Crippen LogP contribution in [0.1, 0.15) is 11.3 Å². The van der Waals surface area contributed by atoms with Crippen LogP contribution in [-0.4, -0.2) is 29.5 Å². The van der Waals surface area contributed by atoms with Gasteiger partial charge in [0, 0.05) is 27.4 Å². The summed E-state index contributed by atoms with van der Waals surface area (Å²) in [4.78, 5) is 0. The van der Waals surface area contributed by atoms with E-state index in [0.29, 0.717) is 35.1 Å². The number of halogens is 1. The summed E-state index contributed by atoms with van der Waals surface area (Å²) in [5.41, 5.74) is 4.95. The maximum Gasteiger partial charge on any atom is 0.161 e. The maximum atomic E-state index is 10.8. The van der Waals surface area contributed by atoms with Crippen LogP contribution in [0.4, 0.5) is 0 Å². The third-order valence-electron chi connectivity index (χ3n) is 5.16. The molecule has 0 fully saturated rings. The fraction of sp³-hybridized carbons (Fsp3) is 0.160. The first-order valence-electron chi connectivity index (χ1n) is 9.98. The number of nitrogens with one attached hydrogen (secondary N) is 1. The molecule has 6 nitrogen and oxygen atoms in total. The molecular formula is C25H23BrN2O4. The minimum Gasteiger partial charge on any atom is -0.507 e. The fourth-order valence-electron chi connectivity index (χ4n) is 3.52. The van der Waals surface area contributed by atoms with Gasteiger partial charge in [-0.1, -0.05) is 34.1 Å². The van der Waals surface area contributed by atoms with E-state index in [9.17, 15) is 5.11 Å². The number of aromatic amines is 1. The van der Waals surface area contributed by atoms with Crippen LogP contribution < -0.4 is 14.2 Å². The number of H-pyrrole nitrogens is 1. The molecule has 0 saturated heterocycles. The van der Waals surface area contributed by atoms with Crippen molar-refractivity contribution in [3.05, 3.63) is 76.4 Å². The number of nitrogens with zero attached hydrogens (tertiary/aromatic N) is 1. The Kier molecular flexibility index (Phi) is 6.37. The van der Waals surface area contributed by atoms with E-state index in [1.807, 2.05) is 61.5 Å². The smallest absolute Gasteiger partial charge is 0.161 e. The number of rotatable bonds is 7. The second kappa shape index (κ2) is 9.36. The number of aromatic hydroxyl groups is 1. The van der Waals surface area contributed by atoms with Crippen molar-refractivity contribution in [1.29, 1.82) is 0 Å². The van der Waals surface area contributed by atoms with Gasteiger partial charge < -0.3 is 19.3 Å². The SMILES string of the molecule is COc1ccc(-c2c(-c3ccc(OCc4ccc(Br)cc4)cc3O)n[nH]c2C)cc1OC. The molecule has 0 atom stereocenters. The molecule has 0 aliphatic rings. The molecule has 0 aliphatic carbocycles. The third-order valence-corrected chi connectivity index (χ3v) is 5.69. The number of ether oxygens (including phenoxy) is 3. The molecule has 1 heterocycles. The van der Waals surface area contributed by atoms with Crippen molar-refractivity contribution in [2.24, 2.45) is 0 Å². The van der Waals surface area contributed by atoms with Gasteiger partial charge in [0.05, 0.1) is 14.2 Å². The quantitative estimate of drug-likeness (QED) is 0.323. The van der Waals surface area contributed by atoms with Crippen LogP contribution in [0.15, 0.2) is 65.1 Å². The van der Waals surface area contributed by atoms with Gasteiger partial charge in [0.25, 0.3) is 0 Å². The number of hydrogen-bond donors (Lipinski definition) is 2. The predicted octanol–water partition coefficient (Wildman–Crippen LogP) is 6.12. The number of phenols is 1. The lowest BCUT2D eigenvalue weighted by Crippen LogP contribution is -1.95. The van der Waals surface area contributed by atoms with Crippen molar-refractivity contribution in [2.75, 3.05) is 14.2 Å². The molecule has 0 saturated carbocycles. The van der Waals surface area contributed by atoms with Crippen molar-refractivity contribution < 1.29 is 19.3 Å². The molecule has 164 valence electrons. The fourth-order valence-corrected chi connectivity index (χ4v) is 3.78. The highest BCUT2D eigenvalue weighted by Crippen LogP contribution is 2.41. The molecule has 32 heavy (non-hydrogen) atoms. The first-order chi connectivity index (χ1) is 15.5. The van der Waals surface area contributed by atoms with Crippen molar-refractivity contribution in [3.63, 3.8) is 0 Å². The van der Waals surface area contributed by atoms with Crippen LogP contribution in [0.25, 0.3) is 22.4 Å². The lowest BCUT2D eigenvalue weighted by Gasteiger charge is -2.12. The van der Waals surface area contributed by atoms with Crippen LogP contribution >= 0.6 is 15.9 Å². The summed E-state index contributed by atoms with van der Waals surface area (Å²) < 4.78 is 17.6. The Morgan fingerprint density at radius 1 is 0.938 bits per heavy atom. The summed E-state index contributed by atoms with van der Waals surface area (Å²) in [6.07, 6.45) is 0. The Hall–Kier alpha value is -3.45. The van der Waals surface area contributed by atoms with E-state index in [2.05, 4.69) is 26.1 Å². The van der Waals surface area contributed by atoms with Gasteiger partial charge in [0.1, 0.15) is 23.8 Å². The molecule has 1 aromatic heterocycles. The molecule has 0 spiro atoms. The van der Waals surface area contributed by atoms with E-state index in [-0.39, 0.29) is 5.75 Å². The lowest BCUT2D eigenvalue weighted by molar-refractivity contribution is 0.304. The highest BCUT2D eigenvalue weighted by atomic mass is 79.9. The van der Waals surface area contributed by atoms with Crippen LogP contribution in [0.2, 0.25) is 0 Å². The van der Waals surface area contributed by atoms with Crippen molar-refractivity contribution in [1.82, 2.24) is 10.2 Å². The number of phenolic OH excluding ortho intramolecular Hbond substituents is 1. The zero-order valence-electron chi connectivity index (χ0n) is 18.0. The van der Waals surface area contributed by atoms with Crippen LogP contribution in [0, 0.1) is 6.92 Å². The van der Waals surface area contributed by atoms with Gasteiger partial charge in [-0.25, -0.2) is 0 Å². The summed E-state index contributed by atoms with van der Waals surface area (Å²) in [5.74, 6) is 1.94. The number of hydrogen-bond acceptors (Lipinski definition) is 5. The molecule has 0 unspecified atom stereocenters. The zero-order chi connectivity index (χ0) is 22.7. The minimum atomic E-state index is 0.0894. The predicted molar refractivity (Wildman–Crippen MR) is 127 cm³/mol. The number of aromatic nitrogens is 2. The Morgan fingerprint density at radius 3 is 2.38 bits per heavy atom. The van der Waals surface area contributed by atoms with E-state index >= 15 is 0 Å². The van der Waals surface area contributed by atoms with Crippen LogP contribution in [0.5, 0.6) is 23.0 Å². The number of methoxy groups -OCH3 is 2. The van der Waals surface area contributed by atoms with Crippen LogP contribution in [-0.2, 0) is 6.61 Å². The van der Waals surface area contributed by atoms with E-state index in [4.69, 9.17) is 14.2 Å². The first kappa shape index (κ1) is 21.8. The molecule has 4 rings (SSSR count). The van der Waals surface area contributed by atoms with Crippen molar-refractivity contribution >= 4 is 15.9 Å². The molecule has 0 amide bonds. The van der Waals surface area contributed by atoms with Crippen molar-refractivity contribution in [3.8, 4) is 45.4 Å². The zero-order valence-corrected chi connectivity index (χ0v) is 19.6. The highest BCUT2D eigenvalue weighted by Gasteiger charge is 2.19. The van der Waals surface area contributed by atoms with Gasteiger partial charge in [-0.05, 0) is 54.4 Å². The monoisotopic (exact) mass is 494 g/mol.